The number of hydrogen-bond acceptors (Lipinski definition) is 2. The van der Waals surface area contributed by atoms with Gasteiger partial charge in [-0.25, -0.2) is 0 Å². The molecule has 1 aliphatic carbocycles. The van der Waals surface area contributed by atoms with Gasteiger partial charge in [0.25, 0.3) is 0 Å². The van der Waals surface area contributed by atoms with Crippen LogP contribution >= 0.6 is 11.6 Å². The van der Waals surface area contributed by atoms with Crippen LogP contribution in [0.3, 0.4) is 0 Å². The molecular formula is C10H15ClF2N2O2. The summed E-state index contributed by atoms with van der Waals surface area (Å²) in [6.07, 6.45) is 2.74. The first-order chi connectivity index (χ1) is 7.86. The average molecular weight is 269 g/mol. The van der Waals surface area contributed by atoms with Crippen LogP contribution in [0.15, 0.2) is 0 Å². The number of carbonyl (C=O) groups is 2. The van der Waals surface area contributed by atoms with Gasteiger partial charge in [-0.2, -0.15) is 8.78 Å². The zero-order valence-corrected chi connectivity index (χ0v) is 10.2. The maximum Gasteiger partial charge on any atom is 0.399 e. The molecule has 0 heterocycles. The van der Waals surface area contributed by atoms with Crippen LogP contribution in [-0.2, 0) is 9.59 Å². The molecule has 0 aromatic carbocycles. The molecule has 7 heteroatoms. The van der Waals surface area contributed by atoms with E-state index in [0.29, 0.717) is 12.8 Å². The predicted octanol–water partition coefficient (Wildman–Crippen LogP) is 1.24. The van der Waals surface area contributed by atoms with Crippen LogP contribution in [-0.4, -0.2) is 30.3 Å². The van der Waals surface area contributed by atoms with Crippen molar-refractivity contribution in [3.8, 4) is 0 Å². The highest BCUT2D eigenvalue weighted by Crippen LogP contribution is 2.26. The highest BCUT2D eigenvalue weighted by molar-refractivity contribution is 6.32. The quantitative estimate of drug-likeness (QED) is 0.757. The summed E-state index contributed by atoms with van der Waals surface area (Å²) in [4.78, 5) is 22.6. The van der Waals surface area contributed by atoms with Crippen molar-refractivity contribution in [2.75, 3.05) is 7.05 Å². The fourth-order valence-electron chi connectivity index (χ4n) is 2.05. The molecule has 17 heavy (non-hydrogen) atoms. The summed E-state index contributed by atoms with van der Waals surface area (Å²) < 4.78 is 25.1. The van der Waals surface area contributed by atoms with E-state index in [2.05, 4.69) is 22.2 Å². The Morgan fingerprint density at radius 3 is 2.41 bits per heavy atom. The van der Waals surface area contributed by atoms with Crippen molar-refractivity contribution in [2.24, 2.45) is 5.92 Å². The van der Waals surface area contributed by atoms with E-state index in [1.54, 1.807) is 0 Å². The molecule has 0 aliphatic heterocycles. The lowest BCUT2D eigenvalue weighted by molar-refractivity contribution is -0.138. The number of alkyl halides is 3. The van der Waals surface area contributed by atoms with E-state index < -0.39 is 23.2 Å². The minimum Gasteiger partial charge on any atom is -0.359 e. The Hall–Kier alpha value is -0.910. The molecule has 0 bridgehead atoms. The average Bonchev–Trinajstić information content (AvgIpc) is 2.27. The monoisotopic (exact) mass is 268 g/mol. The van der Waals surface area contributed by atoms with E-state index >= 15 is 0 Å². The smallest absolute Gasteiger partial charge is 0.359 e. The Kier molecular flexibility index (Phi) is 4.68. The molecule has 2 N–H and O–H groups in total. The first kappa shape index (κ1) is 14.2. The number of halogens is 3. The molecular weight excluding hydrogens is 254 g/mol. The van der Waals surface area contributed by atoms with E-state index in [0.717, 1.165) is 12.8 Å². The zero-order chi connectivity index (χ0) is 13.1. The van der Waals surface area contributed by atoms with Crippen molar-refractivity contribution in [3.63, 3.8) is 0 Å². The minimum atomic E-state index is -3.93. The first-order valence-electron chi connectivity index (χ1n) is 5.45. The van der Waals surface area contributed by atoms with Gasteiger partial charge in [-0.05, 0) is 24.4 Å². The van der Waals surface area contributed by atoms with Crippen molar-refractivity contribution < 1.29 is 18.4 Å². The fraction of sp³-hybridized carbons (Fsp3) is 0.800. The van der Waals surface area contributed by atoms with Crippen LogP contribution in [0.2, 0.25) is 0 Å². The molecule has 0 aromatic rings. The predicted molar refractivity (Wildman–Crippen MR) is 58.8 cm³/mol. The van der Waals surface area contributed by atoms with Crippen LogP contribution in [0.1, 0.15) is 25.7 Å². The SMILES string of the molecule is CNC(=O)[C@@H]1CCCC[C@@H]1NC(=O)C(F)(F)Cl. The molecule has 1 aliphatic rings. The van der Waals surface area contributed by atoms with Gasteiger partial charge >= 0.3 is 11.3 Å². The van der Waals surface area contributed by atoms with Gasteiger partial charge in [-0.3, -0.25) is 9.59 Å². The van der Waals surface area contributed by atoms with Crippen molar-refractivity contribution in [1.29, 1.82) is 0 Å². The summed E-state index contributed by atoms with van der Waals surface area (Å²) >= 11 is 4.62. The van der Waals surface area contributed by atoms with Crippen LogP contribution < -0.4 is 10.6 Å². The Morgan fingerprint density at radius 2 is 1.88 bits per heavy atom. The van der Waals surface area contributed by atoms with Gasteiger partial charge in [0, 0.05) is 13.1 Å². The topological polar surface area (TPSA) is 58.2 Å². The highest BCUT2D eigenvalue weighted by Gasteiger charge is 2.40. The Morgan fingerprint density at radius 1 is 1.29 bits per heavy atom. The zero-order valence-electron chi connectivity index (χ0n) is 9.43. The van der Waals surface area contributed by atoms with Crippen LogP contribution in [0.25, 0.3) is 0 Å². The number of carbonyl (C=O) groups excluding carboxylic acids is 2. The second-order valence-electron chi connectivity index (χ2n) is 4.08. The molecule has 0 saturated heterocycles. The lowest BCUT2D eigenvalue weighted by Gasteiger charge is -2.31. The fourth-order valence-corrected chi connectivity index (χ4v) is 2.11. The molecule has 0 aromatic heterocycles. The molecule has 4 nitrogen and oxygen atoms in total. The third kappa shape index (κ3) is 3.80. The van der Waals surface area contributed by atoms with E-state index in [4.69, 9.17) is 0 Å². The molecule has 1 fully saturated rings. The third-order valence-corrected chi connectivity index (χ3v) is 3.09. The summed E-state index contributed by atoms with van der Waals surface area (Å²) in [6.45, 7) is 0. The largest absolute Gasteiger partial charge is 0.399 e. The van der Waals surface area contributed by atoms with Crippen molar-refractivity contribution in [1.82, 2.24) is 10.6 Å². The van der Waals surface area contributed by atoms with Crippen LogP contribution in [0, 0.1) is 5.92 Å². The van der Waals surface area contributed by atoms with Crippen LogP contribution in [0.4, 0.5) is 8.78 Å². The standard InChI is InChI=1S/C10H15ClF2N2O2/c1-14-8(16)6-4-2-3-5-7(6)15-9(17)10(11,12)13/h6-7H,2-5H2,1H3,(H,14,16)(H,15,17)/t6-,7+/m1/s1. The Bertz CT molecular complexity index is 307. The van der Waals surface area contributed by atoms with Gasteiger partial charge in [0.05, 0.1) is 5.92 Å². The summed E-state index contributed by atoms with van der Waals surface area (Å²) in [5.74, 6) is -2.25. The first-order valence-corrected chi connectivity index (χ1v) is 5.83. The molecule has 1 saturated carbocycles. The van der Waals surface area contributed by atoms with Gasteiger partial charge in [0.1, 0.15) is 0 Å². The summed E-state index contributed by atoms with van der Waals surface area (Å²) in [7, 11) is 1.48. The number of nitrogens with one attached hydrogen (secondary N) is 2. The van der Waals surface area contributed by atoms with Crippen molar-refractivity contribution >= 4 is 23.4 Å². The lowest BCUT2D eigenvalue weighted by atomic mass is 9.84. The van der Waals surface area contributed by atoms with E-state index in [1.165, 1.54) is 7.05 Å². The van der Waals surface area contributed by atoms with Gasteiger partial charge in [0.2, 0.25) is 5.91 Å². The number of rotatable bonds is 3. The molecule has 2 atom stereocenters. The van der Waals surface area contributed by atoms with E-state index in [-0.39, 0.29) is 5.91 Å². The summed E-state index contributed by atoms with van der Waals surface area (Å²) in [5, 5.41) is 0.682. The molecule has 0 spiro atoms. The third-order valence-electron chi connectivity index (χ3n) is 2.92. The maximum absolute atomic E-state index is 12.5. The molecule has 0 unspecified atom stereocenters. The van der Waals surface area contributed by atoms with Gasteiger partial charge in [-0.15, -0.1) is 0 Å². The normalized spacial score (nSPS) is 25.2. The number of amides is 2. The molecule has 98 valence electrons. The van der Waals surface area contributed by atoms with Gasteiger partial charge in [-0.1, -0.05) is 12.8 Å². The maximum atomic E-state index is 12.5. The van der Waals surface area contributed by atoms with Crippen molar-refractivity contribution in [3.05, 3.63) is 0 Å². The van der Waals surface area contributed by atoms with Gasteiger partial charge < -0.3 is 10.6 Å². The highest BCUT2D eigenvalue weighted by atomic mass is 35.5. The second-order valence-corrected chi connectivity index (χ2v) is 4.56. The van der Waals surface area contributed by atoms with E-state index in [1.807, 2.05) is 0 Å². The van der Waals surface area contributed by atoms with Crippen molar-refractivity contribution in [2.45, 2.75) is 37.1 Å². The van der Waals surface area contributed by atoms with Crippen LogP contribution in [0.5, 0.6) is 0 Å². The molecule has 2 amide bonds. The summed E-state index contributed by atoms with van der Waals surface area (Å²) in [6, 6.07) is -0.569. The van der Waals surface area contributed by atoms with E-state index in [9.17, 15) is 18.4 Å². The molecule has 0 radical (unpaired) electrons. The second kappa shape index (κ2) is 5.62. The van der Waals surface area contributed by atoms with Gasteiger partial charge in [0.15, 0.2) is 0 Å². The lowest BCUT2D eigenvalue weighted by Crippen LogP contribution is -2.50. The number of hydrogen-bond donors (Lipinski definition) is 2. The summed E-state index contributed by atoms with van der Waals surface area (Å²) in [5.41, 5.74) is 0. The Balaban J connectivity index is 2.66. The Labute approximate surface area is 103 Å². The molecule has 1 rings (SSSR count). The minimum absolute atomic E-state index is 0.243.